The van der Waals surface area contributed by atoms with E-state index in [1.54, 1.807) is 35.0 Å². The van der Waals surface area contributed by atoms with E-state index in [4.69, 9.17) is 11.6 Å². The lowest BCUT2D eigenvalue weighted by Crippen LogP contribution is -2.25. The molecule has 0 radical (unpaired) electrons. The van der Waals surface area contributed by atoms with Gasteiger partial charge in [0.15, 0.2) is 5.16 Å². The number of thioether (sulfide) groups is 1. The summed E-state index contributed by atoms with van der Waals surface area (Å²) < 4.78 is 1.71. The zero-order chi connectivity index (χ0) is 14.4. The molecule has 20 heavy (non-hydrogen) atoms. The quantitative estimate of drug-likeness (QED) is 0.730. The third-order valence-corrected chi connectivity index (χ3v) is 3.84. The van der Waals surface area contributed by atoms with Gasteiger partial charge in [0.1, 0.15) is 6.33 Å². The molecule has 0 saturated heterocycles. The molecule has 0 saturated carbocycles. The predicted molar refractivity (Wildman–Crippen MR) is 80.5 cm³/mol. The van der Waals surface area contributed by atoms with E-state index >= 15 is 0 Å². The zero-order valence-electron chi connectivity index (χ0n) is 11.5. The topological polar surface area (TPSA) is 59.7 Å². The van der Waals surface area contributed by atoms with Crippen molar-refractivity contribution in [3.05, 3.63) is 24.0 Å². The summed E-state index contributed by atoms with van der Waals surface area (Å²) in [6.45, 7) is 7.42. The molecule has 0 N–H and O–H groups in total. The van der Waals surface area contributed by atoms with Crippen molar-refractivity contribution >= 4 is 23.4 Å². The minimum absolute atomic E-state index is 0.203. The fraction of sp³-hybridized carbons (Fsp3) is 0.500. The molecule has 0 aromatic carbocycles. The van der Waals surface area contributed by atoms with Crippen LogP contribution in [-0.2, 0) is 0 Å². The van der Waals surface area contributed by atoms with Gasteiger partial charge in [-0.25, -0.2) is 4.98 Å². The van der Waals surface area contributed by atoms with Crippen LogP contribution in [0.2, 0.25) is 5.28 Å². The Hall–Kier alpha value is -1.18. The Morgan fingerprint density at radius 1 is 1.25 bits per heavy atom. The molecular weight excluding hydrogens is 296 g/mol. The molecule has 2 heterocycles. The van der Waals surface area contributed by atoms with E-state index in [0.717, 1.165) is 25.4 Å². The van der Waals surface area contributed by atoms with Gasteiger partial charge in [0, 0.05) is 24.7 Å². The van der Waals surface area contributed by atoms with Crippen molar-refractivity contribution in [3.63, 3.8) is 0 Å². The third-order valence-electron chi connectivity index (χ3n) is 2.84. The number of halogens is 1. The van der Waals surface area contributed by atoms with Crippen molar-refractivity contribution in [2.75, 3.05) is 25.4 Å². The van der Waals surface area contributed by atoms with E-state index in [-0.39, 0.29) is 5.28 Å². The lowest BCUT2D eigenvalue weighted by atomic mass is 10.5. The van der Waals surface area contributed by atoms with Crippen molar-refractivity contribution in [2.24, 2.45) is 0 Å². The fourth-order valence-electron chi connectivity index (χ4n) is 1.69. The van der Waals surface area contributed by atoms with E-state index in [1.165, 1.54) is 0 Å². The van der Waals surface area contributed by atoms with Crippen molar-refractivity contribution in [1.82, 2.24) is 29.4 Å². The van der Waals surface area contributed by atoms with Gasteiger partial charge in [-0.15, -0.1) is 0 Å². The van der Waals surface area contributed by atoms with Crippen molar-refractivity contribution in [3.8, 4) is 5.95 Å². The van der Waals surface area contributed by atoms with Crippen LogP contribution in [0.25, 0.3) is 5.95 Å². The number of imidazole rings is 1. The number of hydrogen-bond acceptors (Lipinski definition) is 6. The average molecular weight is 313 g/mol. The lowest BCUT2D eigenvalue weighted by Gasteiger charge is -2.16. The van der Waals surface area contributed by atoms with Crippen LogP contribution < -0.4 is 0 Å². The number of nitrogens with zero attached hydrogens (tertiary/aromatic N) is 6. The van der Waals surface area contributed by atoms with Gasteiger partial charge in [0.2, 0.25) is 11.2 Å². The highest BCUT2D eigenvalue weighted by Gasteiger charge is 2.08. The first-order valence-corrected chi connectivity index (χ1v) is 7.84. The van der Waals surface area contributed by atoms with Gasteiger partial charge in [-0.1, -0.05) is 25.6 Å². The molecule has 0 spiro atoms. The molecule has 8 heteroatoms. The molecule has 0 unspecified atom stereocenters. The second-order valence-corrected chi connectivity index (χ2v) is 5.43. The molecule has 0 amide bonds. The Balaban J connectivity index is 2.02. The summed E-state index contributed by atoms with van der Waals surface area (Å²) in [5.41, 5.74) is 0. The summed E-state index contributed by atoms with van der Waals surface area (Å²) in [7, 11) is 0. The van der Waals surface area contributed by atoms with Gasteiger partial charge in [-0.2, -0.15) is 15.0 Å². The van der Waals surface area contributed by atoms with Crippen LogP contribution >= 0.6 is 23.4 Å². The van der Waals surface area contributed by atoms with Crippen LogP contribution in [0.1, 0.15) is 13.8 Å². The van der Waals surface area contributed by atoms with Crippen molar-refractivity contribution in [1.29, 1.82) is 0 Å². The summed E-state index contributed by atoms with van der Waals surface area (Å²) in [5.74, 6) is 1.42. The number of rotatable bonds is 7. The van der Waals surface area contributed by atoms with Gasteiger partial charge < -0.3 is 4.90 Å². The Morgan fingerprint density at radius 3 is 2.70 bits per heavy atom. The Kier molecular flexibility index (Phi) is 5.75. The van der Waals surface area contributed by atoms with Gasteiger partial charge in [0.05, 0.1) is 0 Å². The van der Waals surface area contributed by atoms with E-state index in [0.29, 0.717) is 11.1 Å². The molecule has 0 atom stereocenters. The third kappa shape index (κ3) is 4.16. The van der Waals surface area contributed by atoms with E-state index in [9.17, 15) is 0 Å². The molecule has 0 bridgehead atoms. The van der Waals surface area contributed by atoms with Gasteiger partial charge in [-0.05, 0) is 24.7 Å². The summed E-state index contributed by atoms with van der Waals surface area (Å²) in [4.78, 5) is 19.0. The molecule has 0 aliphatic heterocycles. The molecule has 2 rings (SSSR count). The number of aromatic nitrogens is 5. The monoisotopic (exact) mass is 312 g/mol. The first kappa shape index (κ1) is 15.2. The molecule has 0 aliphatic rings. The van der Waals surface area contributed by atoms with E-state index in [1.807, 2.05) is 0 Å². The van der Waals surface area contributed by atoms with Crippen LogP contribution in [0.3, 0.4) is 0 Å². The summed E-state index contributed by atoms with van der Waals surface area (Å²) in [6.07, 6.45) is 5.08. The second-order valence-electron chi connectivity index (χ2n) is 4.03. The first-order chi connectivity index (χ1) is 9.72. The standard InChI is InChI=1S/C12H17ClN6S/c1-3-18(4-2)7-8-20-12-16-10(13)15-11(17-12)19-6-5-14-9-19/h5-6,9H,3-4,7-8H2,1-2H3. The highest BCUT2D eigenvalue weighted by molar-refractivity contribution is 7.99. The Morgan fingerprint density at radius 2 is 2.05 bits per heavy atom. The SMILES string of the molecule is CCN(CC)CCSc1nc(Cl)nc(-n2ccnc2)n1. The molecule has 2 aromatic heterocycles. The van der Waals surface area contributed by atoms with Gasteiger partial charge >= 0.3 is 0 Å². The van der Waals surface area contributed by atoms with Crippen molar-refractivity contribution in [2.45, 2.75) is 19.0 Å². The van der Waals surface area contributed by atoms with E-state index < -0.39 is 0 Å². The Labute approximate surface area is 127 Å². The molecule has 0 fully saturated rings. The highest BCUT2D eigenvalue weighted by atomic mass is 35.5. The lowest BCUT2D eigenvalue weighted by molar-refractivity contribution is 0.324. The average Bonchev–Trinajstić information content (AvgIpc) is 2.97. The molecule has 0 aliphatic carbocycles. The minimum Gasteiger partial charge on any atom is -0.303 e. The second kappa shape index (κ2) is 7.56. The maximum atomic E-state index is 5.94. The minimum atomic E-state index is 0.203. The van der Waals surface area contributed by atoms with Crippen LogP contribution in [0.15, 0.2) is 23.9 Å². The largest absolute Gasteiger partial charge is 0.303 e. The van der Waals surface area contributed by atoms with Crippen LogP contribution in [0.4, 0.5) is 0 Å². The molecule has 2 aromatic rings. The predicted octanol–water partition coefficient (Wildman–Crippen LogP) is 2.14. The summed E-state index contributed by atoms with van der Waals surface area (Å²) in [6, 6.07) is 0. The first-order valence-electron chi connectivity index (χ1n) is 6.48. The Bertz CT molecular complexity index is 529. The maximum absolute atomic E-state index is 5.94. The van der Waals surface area contributed by atoms with E-state index in [2.05, 4.69) is 38.7 Å². The fourth-order valence-corrected chi connectivity index (χ4v) is 2.72. The van der Waals surface area contributed by atoms with Crippen LogP contribution in [0, 0.1) is 0 Å². The zero-order valence-corrected chi connectivity index (χ0v) is 13.1. The summed E-state index contributed by atoms with van der Waals surface area (Å²) in [5, 5.41) is 0.842. The molecule has 108 valence electrons. The highest BCUT2D eigenvalue weighted by Crippen LogP contribution is 2.16. The molecule has 6 nitrogen and oxygen atoms in total. The normalized spacial score (nSPS) is 11.2. The number of hydrogen-bond donors (Lipinski definition) is 0. The van der Waals surface area contributed by atoms with Gasteiger partial charge in [-0.3, -0.25) is 4.57 Å². The molecular formula is C12H17ClN6S. The van der Waals surface area contributed by atoms with Crippen molar-refractivity contribution < 1.29 is 0 Å². The summed E-state index contributed by atoms with van der Waals surface area (Å²) >= 11 is 7.53. The smallest absolute Gasteiger partial charge is 0.240 e. The van der Waals surface area contributed by atoms with Gasteiger partial charge in [0.25, 0.3) is 0 Å². The maximum Gasteiger partial charge on any atom is 0.240 e. The van der Waals surface area contributed by atoms with Crippen LogP contribution in [0.5, 0.6) is 0 Å². The van der Waals surface area contributed by atoms with Crippen LogP contribution in [-0.4, -0.2) is 54.8 Å².